The molecule has 1 saturated heterocycles. The number of alkyl carbamates (subject to hydrolysis) is 1. The van der Waals surface area contributed by atoms with E-state index in [9.17, 15) is 29.4 Å². The van der Waals surface area contributed by atoms with Crippen molar-refractivity contribution in [3.63, 3.8) is 0 Å². The highest BCUT2D eigenvalue weighted by Gasteiger charge is 2.77. The van der Waals surface area contributed by atoms with Gasteiger partial charge in [0, 0.05) is 39.9 Å². The van der Waals surface area contributed by atoms with Gasteiger partial charge in [0.05, 0.1) is 35.6 Å². The van der Waals surface area contributed by atoms with Gasteiger partial charge in [0.1, 0.15) is 35.6 Å². The van der Waals surface area contributed by atoms with Crippen molar-refractivity contribution in [3.05, 3.63) is 82.9 Å². The Kier molecular flexibility index (Phi) is 12.2. The van der Waals surface area contributed by atoms with Gasteiger partial charge in [-0.05, 0) is 63.5 Å². The number of ether oxygens (including phenoxy) is 7. The van der Waals surface area contributed by atoms with Gasteiger partial charge in [-0.25, -0.2) is 14.4 Å². The molecule has 59 heavy (non-hydrogen) atoms. The number of benzene rings is 2. The van der Waals surface area contributed by atoms with E-state index in [0.29, 0.717) is 11.1 Å². The summed E-state index contributed by atoms with van der Waals surface area (Å²) in [6.07, 6.45) is -9.17. The summed E-state index contributed by atoms with van der Waals surface area (Å²) >= 11 is 0. The van der Waals surface area contributed by atoms with Crippen LogP contribution in [0, 0.1) is 17.3 Å². The van der Waals surface area contributed by atoms with Crippen LogP contribution in [-0.4, -0.2) is 114 Å². The number of nitrogens with one attached hydrogen (secondary N) is 1. The number of ketones is 1. The van der Waals surface area contributed by atoms with Gasteiger partial charge in [-0.15, -0.1) is 0 Å². The monoisotopic (exact) mass is 821 g/mol. The van der Waals surface area contributed by atoms with Gasteiger partial charge in [0.15, 0.2) is 17.5 Å². The minimum Gasteiger partial charge on any atom is -0.456 e. The third-order valence-corrected chi connectivity index (χ3v) is 12.6. The predicted molar refractivity (Wildman–Crippen MR) is 209 cm³/mol. The molecule has 6 rings (SSSR count). The number of esters is 3. The molecular formula is C44H55NO14. The molecular weight excluding hydrogens is 766 g/mol. The molecule has 0 spiro atoms. The number of carbonyl (C=O) groups excluding carboxylic acids is 5. The molecule has 2 aromatic carbocycles. The van der Waals surface area contributed by atoms with E-state index >= 15 is 4.79 Å². The van der Waals surface area contributed by atoms with E-state index in [0.717, 1.165) is 0 Å². The second-order valence-electron chi connectivity index (χ2n) is 17.2. The number of fused-ring (bicyclic) bond motifs is 5. The number of methoxy groups -OCH3 is 2. The van der Waals surface area contributed by atoms with Crippen LogP contribution in [0.15, 0.2) is 71.8 Å². The fourth-order valence-electron chi connectivity index (χ4n) is 9.73. The molecule has 12 unspecified atom stereocenters. The first-order chi connectivity index (χ1) is 27.7. The fourth-order valence-corrected chi connectivity index (χ4v) is 9.73. The van der Waals surface area contributed by atoms with Crippen molar-refractivity contribution in [1.29, 1.82) is 0 Å². The van der Waals surface area contributed by atoms with Gasteiger partial charge >= 0.3 is 24.0 Å². The van der Waals surface area contributed by atoms with Crippen molar-refractivity contribution in [1.82, 2.24) is 5.32 Å². The molecule has 320 valence electrons. The second kappa shape index (κ2) is 16.4. The molecule has 12 atom stereocenters. The summed E-state index contributed by atoms with van der Waals surface area (Å²) in [6, 6.07) is 15.1. The molecule has 0 aromatic heterocycles. The first kappa shape index (κ1) is 43.9. The van der Waals surface area contributed by atoms with E-state index in [2.05, 4.69) is 5.32 Å². The number of hydrogen-bond acceptors (Lipinski definition) is 14. The lowest BCUT2D eigenvalue weighted by Crippen LogP contribution is -2.81. The molecule has 0 radical (unpaired) electrons. The molecule has 3 N–H and O–H groups in total. The van der Waals surface area contributed by atoms with Crippen molar-refractivity contribution < 1.29 is 67.3 Å². The Bertz CT molecular complexity index is 1960. The summed E-state index contributed by atoms with van der Waals surface area (Å²) in [5.41, 5.74) is -5.11. The SMILES string of the molecule is COC1C(=O)C2(C)C(OC)CC3OCC3(OC(C)=O)C2C(OC(=O)c2ccccc2)C2(O)CC(OC(=O)C(O)C(NC(=O)OC(C)(C)C)c3ccccc3)C(C)=C1C2C. The predicted octanol–water partition coefficient (Wildman–Crippen LogP) is 4.18. The number of amides is 1. The highest BCUT2D eigenvalue weighted by molar-refractivity contribution is 5.94. The van der Waals surface area contributed by atoms with Gasteiger partial charge < -0.3 is 48.7 Å². The number of aliphatic hydroxyl groups is 2. The number of aliphatic hydroxyl groups excluding tert-OH is 1. The molecule has 1 amide bonds. The lowest BCUT2D eigenvalue weighted by atomic mass is 9.47. The topological polar surface area (TPSA) is 202 Å². The Labute approximate surface area is 343 Å². The average Bonchev–Trinajstić information content (AvgIpc) is 3.18. The molecule has 3 aliphatic carbocycles. The highest BCUT2D eigenvalue weighted by Crippen LogP contribution is 2.62. The quantitative estimate of drug-likeness (QED) is 0.175. The maximum absolute atomic E-state index is 15.4. The Hall–Kier alpha value is -4.67. The van der Waals surface area contributed by atoms with E-state index < -0.39 is 113 Å². The largest absolute Gasteiger partial charge is 0.456 e. The minimum atomic E-state index is -2.16. The summed E-state index contributed by atoms with van der Waals surface area (Å²) in [5, 5.41) is 27.7. The Balaban J connectivity index is 1.49. The lowest BCUT2D eigenvalue weighted by molar-refractivity contribution is -0.344. The van der Waals surface area contributed by atoms with Crippen LogP contribution in [0.5, 0.6) is 0 Å². The van der Waals surface area contributed by atoms with Gasteiger partial charge in [0.2, 0.25) is 0 Å². The summed E-state index contributed by atoms with van der Waals surface area (Å²) < 4.78 is 42.1. The molecule has 2 aromatic rings. The molecule has 2 saturated carbocycles. The van der Waals surface area contributed by atoms with Crippen LogP contribution in [-0.2, 0) is 47.5 Å². The summed E-state index contributed by atoms with van der Waals surface area (Å²) in [5.74, 6) is -5.47. The van der Waals surface area contributed by atoms with Crippen LogP contribution in [0.3, 0.4) is 0 Å². The zero-order valence-electron chi connectivity index (χ0n) is 34.9. The van der Waals surface area contributed by atoms with E-state index in [4.69, 9.17) is 33.2 Å². The van der Waals surface area contributed by atoms with Crippen molar-refractivity contribution in [2.45, 2.75) is 121 Å². The lowest BCUT2D eigenvalue weighted by Gasteiger charge is -2.66. The number of hydrogen-bond donors (Lipinski definition) is 3. The van der Waals surface area contributed by atoms with Crippen LogP contribution in [0.1, 0.15) is 83.3 Å². The van der Waals surface area contributed by atoms with E-state index in [1.807, 2.05) is 0 Å². The van der Waals surface area contributed by atoms with E-state index in [1.165, 1.54) is 33.3 Å². The van der Waals surface area contributed by atoms with Gasteiger partial charge in [-0.2, -0.15) is 0 Å². The Morgan fingerprint density at radius 2 is 1.59 bits per heavy atom. The van der Waals surface area contributed by atoms with Crippen LogP contribution in [0.25, 0.3) is 0 Å². The second-order valence-corrected chi connectivity index (χ2v) is 17.2. The highest BCUT2D eigenvalue weighted by atomic mass is 16.6. The van der Waals surface area contributed by atoms with Gasteiger partial charge in [-0.1, -0.05) is 55.5 Å². The summed E-state index contributed by atoms with van der Waals surface area (Å²) in [6.45, 7) is 11.0. The first-order valence-corrected chi connectivity index (χ1v) is 19.8. The summed E-state index contributed by atoms with van der Waals surface area (Å²) in [7, 11) is 2.78. The number of Topliss-reactive ketones (excluding diaryl/α,β-unsaturated/α-hetero) is 1. The first-order valence-electron chi connectivity index (χ1n) is 19.8. The van der Waals surface area contributed by atoms with E-state index in [-0.39, 0.29) is 24.2 Å². The molecule has 1 aliphatic heterocycles. The standard InChI is InChI=1S/C44H55NO14/c1-23-28(56-39(50)33(47)32(26-16-12-10-13-17-26)45-40(51)59-41(4,5)6)21-43(52)24(2)31(23)34(54-9)36(48)42(7)29(53-8)20-30-44(22-55-30,58-25(3)46)35(42)37(43)57-38(49)27-18-14-11-15-19-27/h10-19,24,28-30,32-35,37,47,52H,20-22H2,1-9H3,(H,45,51). The molecule has 15 nitrogen and oxygen atoms in total. The smallest absolute Gasteiger partial charge is 0.408 e. The van der Waals surface area contributed by atoms with Crippen LogP contribution in [0.2, 0.25) is 0 Å². The molecule has 1 heterocycles. The van der Waals surface area contributed by atoms with Crippen molar-refractivity contribution in [2.75, 3.05) is 20.8 Å². The molecule has 4 aliphatic rings. The maximum atomic E-state index is 15.4. The molecule has 2 bridgehead atoms. The van der Waals surface area contributed by atoms with Crippen molar-refractivity contribution in [3.8, 4) is 0 Å². The normalized spacial score (nSPS) is 33.7. The summed E-state index contributed by atoms with van der Waals surface area (Å²) in [4.78, 5) is 69.7. The molecule has 3 fully saturated rings. The number of rotatable bonds is 10. The van der Waals surface area contributed by atoms with Gasteiger partial charge in [0.25, 0.3) is 0 Å². The zero-order valence-corrected chi connectivity index (χ0v) is 34.9. The number of carbonyl (C=O) groups is 5. The average molecular weight is 822 g/mol. The van der Waals surface area contributed by atoms with E-state index in [1.54, 1.807) is 90.1 Å². The third kappa shape index (κ3) is 7.79. The van der Waals surface area contributed by atoms with Crippen molar-refractivity contribution >= 4 is 29.8 Å². The van der Waals surface area contributed by atoms with Crippen molar-refractivity contribution in [2.24, 2.45) is 17.3 Å². The van der Waals surface area contributed by atoms with Gasteiger partial charge in [-0.3, -0.25) is 9.59 Å². The maximum Gasteiger partial charge on any atom is 0.408 e. The minimum absolute atomic E-state index is 0.127. The van der Waals surface area contributed by atoms with Crippen LogP contribution in [0.4, 0.5) is 4.79 Å². The van der Waals surface area contributed by atoms with Crippen LogP contribution < -0.4 is 5.32 Å². The fraction of sp³-hybridized carbons (Fsp3) is 0.568. The third-order valence-electron chi connectivity index (χ3n) is 12.6. The Morgan fingerprint density at radius 3 is 2.14 bits per heavy atom. The zero-order chi connectivity index (χ0) is 43.2. The Morgan fingerprint density at radius 1 is 0.966 bits per heavy atom. The molecule has 15 heteroatoms. The van der Waals surface area contributed by atoms with Crippen LogP contribution >= 0.6 is 0 Å².